The molecule has 2 aromatic rings. The van der Waals surface area contributed by atoms with Crippen molar-refractivity contribution in [1.29, 1.82) is 0 Å². The molecule has 1 aromatic heterocycles. The molecular weight excluding hydrogens is 342 g/mol. The Bertz CT molecular complexity index is 509. The van der Waals surface area contributed by atoms with Crippen LogP contribution in [0.15, 0.2) is 34.2 Å². The van der Waals surface area contributed by atoms with Gasteiger partial charge in [-0.2, -0.15) is 0 Å². The molecule has 0 radical (unpaired) electrons. The minimum absolute atomic E-state index is 0.532. The Morgan fingerprint density at radius 1 is 1.32 bits per heavy atom. The van der Waals surface area contributed by atoms with Gasteiger partial charge in [0, 0.05) is 15.2 Å². The number of halogens is 2. The summed E-state index contributed by atoms with van der Waals surface area (Å²) in [5, 5.41) is 0. The molecule has 0 aliphatic rings. The zero-order valence-corrected chi connectivity index (χ0v) is 14.1. The summed E-state index contributed by atoms with van der Waals surface area (Å²) in [6.45, 7) is 2.08. The molecule has 19 heavy (non-hydrogen) atoms. The van der Waals surface area contributed by atoms with Crippen LogP contribution in [0.5, 0.6) is 0 Å². The second kappa shape index (κ2) is 7.41. The molecule has 0 saturated carbocycles. The van der Waals surface area contributed by atoms with E-state index < -0.39 is 0 Å². The summed E-state index contributed by atoms with van der Waals surface area (Å²) < 4.78 is 1.12. The zero-order valence-electron chi connectivity index (χ0n) is 10.9. The molecule has 1 nitrogen and oxygen atoms in total. The van der Waals surface area contributed by atoms with Crippen molar-refractivity contribution in [2.24, 2.45) is 5.92 Å². The van der Waals surface area contributed by atoms with Crippen LogP contribution in [0, 0.1) is 12.8 Å². The molecule has 4 heteroatoms. The fraction of sp³-hybridized carbons (Fsp3) is 0.400. The van der Waals surface area contributed by atoms with E-state index >= 15 is 0 Å². The topological polar surface area (TPSA) is 12.9 Å². The summed E-state index contributed by atoms with van der Waals surface area (Å²) in [4.78, 5) is 5.69. The van der Waals surface area contributed by atoms with E-state index in [-0.39, 0.29) is 0 Å². The Morgan fingerprint density at radius 3 is 2.63 bits per heavy atom. The maximum Gasteiger partial charge on any atom is 0.0797 e. The fourth-order valence-corrected chi connectivity index (χ4v) is 3.41. The van der Waals surface area contributed by atoms with E-state index in [4.69, 9.17) is 11.6 Å². The van der Waals surface area contributed by atoms with Gasteiger partial charge in [0.15, 0.2) is 0 Å². The molecule has 0 saturated heterocycles. The van der Waals surface area contributed by atoms with Gasteiger partial charge >= 0.3 is 0 Å². The maximum atomic E-state index is 6.11. The lowest BCUT2D eigenvalue weighted by Crippen LogP contribution is -2.08. The number of aryl methyl sites for hydroxylation is 2. The van der Waals surface area contributed by atoms with Crippen LogP contribution >= 0.6 is 38.9 Å². The first-order valence-electron chi connectivity index (χ1n) is 6.38. The van der Waals surface area contributed by atoms with Gasteiger partial charge in [-0.25, -0.2) is 4.98 Å². The number of rotatable bonds is 6. The largest absolute Gasteiger partial charge is 0.250 e. The number of hydrogen-bond acceptors (Lipinski definition) is 2. The van der Waals surface area contributed by atoms with E-state index in [2.05, 4.69) is 52.1 Å². The fourth-order valence-electron chi connectivity index (χ4n) is 2.09. The average Bonchev–Trinajstić information content (AvgIpc) is 2.82. The van der Waals surface area contributed by atoms with E-state index in [1.165, 1.54) is 16.1 Å². The monoisotopic (exact) mass is 357 g/mol. The molecule has 1 heterocycles. The predicted molar refractivity (Wildman–Crippen MR) is 87.2 cm³/mol. The second-order valence-electron chi connectivity index (χ2n) is 4.75. The summed E-state index contributed by atoms with van der Waals surface area (Å²) in [6, 6.07) is 8.52. The van der Waals surface area contributed by atoms with Crippen molar-refractivity contribution in [2.75, 3.05) is 5.88 Å². The van der Waals surface area contributed by atoms with Gasteiger partial charge in [0.25, 0.3) is 0 Å². The number of nitrogens with zero attached hydrogens (tertiary/aromatic N) is 1. The Morgan fingerprint density at radius 2 is 2.05 bits per heavy atom. The Hall–Kier alpha value is -0.380. The SMILES string of the molecule is Cc1ncsc1CCC(CCl)Cc1ccc(Br)cc1. The van der Waals surface area contributed by atoms with Crippen LogP contribution in [-0.4, -0.2) is 10.9 Å². The summed E-state index contributed by atoms with van der Waals surface area (Å²) in [5.74, 6) is 1.25. The van der Waals surface area contributed by atoms with Crippen molar-refractivity contribution in [3.8, 4) is 0 Å². The van der Waals surface area contributed by atoms with Crippen LogP contribution in [0.4, 0.5) is 0 Å². The third-order valence-corrected chi connectivity index (χ3v) is 5.24. The lowest BCUT2D eigenvalue weighted by atomic mass is 9.96. The predicted octanol–water partition coefficient (Wildman–Crippen LogP) is 5.24. The molecule has 1 unspecified atom stereocenters. The molecule has 1 aromatic carbocycles. The van der Waals surface area contributed by atoms with Crippen LogP contribution in [0.1, 0.15) is 22.6 Å². The minimum Gasteiger partial charge on any atom is -0.250 e. The van der Waals surface area contributed by atoms with E-state index in [0.717, 1.165) is 23.7 Å². The van der Waals surface area contributed by atoms with Crippen molar-refractivity contribution in [3.63, 3.8) is 0 Å². The number of thiazole rings is 1. The Balaban J connectivity index is 1.90. The minimum atomic E-state index is 0.532. The molecular formula is C15H17BrClNS. The summed E-state index contributed by atoms with van der Waals surface area (Å²) in [7, 11) is 0. The van der Waals surface area contributed by atoms with Gasteiger partial charge in [-0.1, -0.05) is 28.1 Å². The van der Waals surface area contributed by atoms with E-state index in [9.17, 15) is 0 Å². The van der Waals surface area contributed by atoms with Crippen molar-refractivity contribution < 1.29 is 0 Å². The highest BCUT2D eigenvalue weighted by molar-refractivity contribution is 9.10. The van der Waals surface area contributed by atoms with Crippen LogP contribution in [-0.2, 0) is 12.8 Å². The van der Waals surface area contributed by atoms with Crippen molar-refractivity contribution in [3.05, 3.63) is 50.4 Å². The highest BCUT2D eigenvalue weighted by atomic mass is 79.9. The molecule has 0 fully saturated rings. The first-order chi connectivity index (χ1) is 9.19. The maximum absolute atomic E-state index is 6.11. The van der Waals surface area contributed by atoms with Crippen LogP contribution in [0.3, 0.4) is 0 Å². The van der Waals surface area contributed by atoms with Gasteiger partial charge in [-0.05, 0) is 49.8 Å². The van der Waals surface area contributed by atoms with Gasteiger partial charge in [0.05, 0.1) is 11.2 Å². The Kier molecular flexibility index (Phi) is 5.86. The van der Waals surface area contributed by atoms with Crippen LogP contribution < -0.4 is 0 Å². The van der Waals surface area contributed by atoms with Gasteiger partial charge in [0.2, 0.25) is 0 Å². The summed E-state index contributed by atoms with van der Waals surface area (Å²) in [6.07, 6.45) is 3.27. The van der Waals surface area contributed by atoms with E-state index in [1.807, 2.05) is 5.51 Å². The van der Waals surface area contributed by atoms with Crippen molar-refractivity contribution >= 4 is 38.9 Å². The first-order valence-corrected chi connectivity index (χ1v) is 8.59. The highest BCUT2D eigenvalue weighted by Crippen LogP contribution is 2.21. The number of hydrogen-bond donors (Lipinski definition) is 0. The van der Waals surface area contributed by atoms with Gasteiger partial charge in [-0.15, -0.1) is 22.9 Å². The smallest absolute Gasteiger partial charge is 0.0797 e. The molecule has 0 amide bonds. The molecule has 2 rings (SSSR count). The van der Waals surface area contributed by atoms with Gasteiger partial charge in [0.1, 0.15) is 0 Å². The second-order valence-corrected chi connectivity index (χ2v) is 6.91. The first kappa shape index (κ1) is 15.0. The molecule has 0 spiro atoms. The van der Waals surface area contributed by atoms with Crippen LogP contribution in [0.2, 0.25) is 0 Å². The third-order valence-electron chi connectivity index (χ3n) is 3.28. The standard InChI is InChI=1S/C15H17BrClNS/c1-11-15(19-10-18-11)7-4-13(9-17)8-12-2-5-14(16)6-3-12/h2-3,5-6,10,13H,4,7-9H2,1H3. The lowest BCUT2D eigenvalue weighted by Gasteiger charge is -2.13. The zero-order chi connectivity index (χ0) is 13.7. The van der Waals surface area contributed by atoms with Crippen molar-refractivity contribution in [2.45, 2.75) is 26.2 Å². The molecule has 0 aliphatic heterocycles. The number of benzene rings is 1. The van der Waals surface area contributed by atoms with Crippen molar-refractivity contribution in [1.82, 2.24) is 4.98 Å². The number of aromatic nitrogens is 1. The normalized spacial score (nSPS) is 12.6. The summed E-state index contributed by atoms with van der Waals surface area (Å²) in [5.41, 5.74) is 4.45. The molecule has 102 valence electrons. The van der Waals surface area contributed by atoms with E-state index in [1.54, 1.807) is 11.3 Å². The Labute approximate surface area is 132 Å². The van der Waals surface area contributed by atoms with Gasteiger partial charge < -0.3 is 0 Å². The number of alkyl halides is 1. The summed E-state index contributed by atoms with van der Waals surface area (Å²) >= 11 is 11.3. The van der Waals surface area contributed by atoms with Gasteiger partial charge in [-0.3, -0.25) is 0 Å². The highest BCUT2D eigenvalue weighted by Gasteiger charge is 2.11. The molecule has 0 aliphatic carbocycles. The molecule has 0 bridgehead atoms. The lowest BCUT2D eigenvalue weighted by molar-refractivity contribution is 0.538. The average molecular weight is 359 g/mol. The quantitative estimate of drug-likeness (QED) is 0.643. The van der Waals surface area contributed by atoms with E-state index in [0.29, 0.717) is 11.8 Å². The molecule has 0 N–H and O–H groups in total. The van der Waals surface area contributed by atoms with Crippen LogP contribution in [0.25, 0.3) is 0 Å². The molecule has 1 atom stereocenters. The third kappa shape index (κ3) is 4.59.